The Balaban J connectivity index is 3.49. The summed E-state index contributed by atoms with van der Waals surface area (Å²) in [5, 5.41) is 8.63. The summed E-state index contributed by atoms with van der Waals surface area (Å²) in [5.74, 6) is 0.925. The number of hydrogen-bond donors (Lipinski definition) is 2. The lowest BCUT2D eigenvalue weighted by molar-refractivity contribution is 0.223. The summed E-state index contributed by atoms with van der Waals surface area (Å²) in [7, 11) is 2.16. The molecule has 86 valence electrons. The van der Waals surface area contributed by atoms with Gasteiger partial charge in [-0.25, -0.2) is 0 Å². The Morgan fingerprint density at radius 3 is 2.36 bits per heavy atom. The van der Waals surface area contributed by atoms with Gasteiger partial charge in [-0.2, -0.15) is 12.6 Å². The smallest absolute Gasteiger partial charge is 0.0431 e. The lowest BCUT2D eigenvalue weighted by Gasteiger charge is -2.28. The number of aliphatic hydroxyl groups excluding tert-OH is 1. The molecule has 14 heavy (non-hydrogen) atoms. The van der Waals surface area contributed by atoms with E-state index in [0.717, 1.165) is 31.7 Å². The van der Waals surface area contributed by atoms with Gasteiger partial charge in [0.1, 0.15) is 0 Å². The van der Waals surface area contributed by atoms with Gasteiger partial charge in [-0.15, -0.1) is 0 Å². The van der Waals surface area contributed by atoms with Crippen molar-refractivity contribution in [3.63, 3.8) is 0 Å². The third kappa shape index (κ3) is 7.65. The van der Waals surface area contributed by atoms with Crippen molar-refractivity contribution in [2.45, 2.75) is 33.1 Å². The summed E-state index contributed by atoms with van der Waals surface area (Å²) >= 11 is 4.34. The highest BCUT2D eigenvalue weighted by Crippen LogP contribution is 2.17. The van der Waals surface area contributed by atoms with E-state index >= 15 is 0 Å². The topological polar surface area (TPSA) is 23.5 Å². The number of unbranched alkanes of at least 4 members (excludes halogenated alkanes) is 2. The fourth-order valence-electron chi connectivity index (χ4n) is 1.53. The van der Waals surface area contributed by atoms with Crippen molar-refractivity contribution in [3.8, 4) is 0 Å². The Morgan fingerprint density at radius 1 is 1.21 bits per heavy atom. The molecule has 0 atom stereocenters. The largest absolute Gasteiger partial charge is 0.396 e. The van der Waals surface area contributed by atoms with Crippen LogP contribution in [0.5, 0.6) is 0 Å². The number of aliphatic hydroxyl groups is 1. The van der Waals surface area contributed by atoms with Crippen molar-refractivity contribution in [1.82, 2.24) is 4.90 Å². The Labute approximate surface area is 94.1 Å². The van der Waals surface area contributed by atoms with E-state index in [2.05, 4.69) is 38.4 Å². The minimum atomic E-state index is 0.300. The van der Waals surface area contributed by atoms with E-state index in [9.17, 15) is 0 Å². The Kier molecular flexibility index (Phi) is 7.69. The van der Waals surface area contributed by atoms with Crippen LogP contribution in [-0.4, -0.2) is 42.5 Å². The second kappa shape index (κ2) is 7.55. The van der Waals surface area contributed by atoms with Crippen LogP contribution in [-0.2, 0) is 0 Å². The molecule has 0 unspecified atom stereocenters. The van der Waals surface area contributed by atoms with Gasteiger partial charge in [0.05, 0.1) is 0 Å². The van der Waals surface area contributed by atoms with Gasteiger partial charge in [-0.1, -0.05) is 13.8 Å². The van der Waals surface area contributed by atoms with Gasteiger partial charge in [-0.3, -0.25) is 0 Å². The molecule has 0 amide bonds. The number of nitrogens with zero attached hydrogens (tertiary/aromatic N) is 1. The van der Waals surface area contributed by atoms with Crippen molar-refractivity contribution >= 4 is 12.6 Å². The van der Waals surface area contributed by atoms with Gasteiger partial charge in [0, 0.05) is 13.2 Å². The van der Waals surface area contributed by atoms with E-state index < -0.39 is 0 Å². The summed E-state index contributed by atoms with van der Waals surface area (Å²) < 4.78 is 0. The van der Waals surface area contributed by atoms with Crippen LogP contribution in [0.3, 0.4) is 0 Å². The van der Waals surface area contributed by atoms with Gasteiger partial charge >= 0.3 is 0 Å². The molecular weight excluding hydrogens is 194 g/mol. The first kappa shape index (κ1) is 14.3. The first-order valence-corrected chi connectivity index (χ1v) is 6.05. The van der Waals surface area contributed by atoms with Gasteiger partial charge in [0.15, 0.2) is 0 Å². The molecule has 0 aromatic carbocycles. The molecule has 0 saturated heterocycles. The standard InChI is InChI=1S/C11H25NOS/c1-11(2,10-14)9-12(3)7-5-4-6-8-13/h13-14H,4-10H2,1-3H3. The average Bonchev–Trinajstić information content (AvgIpc) is 2.12. The fraction of sp³-hybridized carbons (Fsp3) is 1.00. The first-order chi connectivity index (χ1) is 6.52. The maximum atomic E-state index is 8.63. The zero-order valence-corrected chi connectivity index (χ0v) is 10.7. The van der Waals surface area contributed by atoms with Crippen LogP contribution < -0.4 is 0 Å². The molecule has 3 heteroatoms. The van der Waals surface area contributed by atoms with Gasteiger partial charge in [-0.05, 0) is 44.0 Å². The molecule has 1 N–H and O–H groups in total. The molecule has 0 bridgehead atoms. The van der Waals surface area contributed by atoms with Crippen LogP contribution in [0, 0.1) is 5.41 Å². The van der Waals surface area contributed by atoms with E-state index in [0.29, 0.717) is 12.0 Å². The molecular formula is C11H25NOS. The van der Waals surface area contributed by atoms with Crippen LogP contribution in [0.2, 0.25) is 0 Å². The molecule has 0 saturated carbocycles. The number of thiol groups is 1. The van der Waals surface area contributed by atoms with E-state index in [4.69, 9.17) is 5.11 Å². The normalized spacial score (nSPS) is 12.4. The van der Waals surface area contributed by atoms with Crippen LogP contribution in [0.25, 0.3) is 0 Å². The second-order valence-corrected chi connectivity index (χ2v) is 5.16. The maximum Gasteiger partial charge on any atom is 0.0431 e. The molecule has 0 aliphatic carbocycles. The van der Waals surface area contributed by atoms with Crippen LogP contribution in [0.1, 0.15) is 33.1 Å². The third-order valence-electron chi connectivity index (χ3n) is 2.32. The zero-order valence-electron chi connectivity index (χ0n) is 9.79. The SMILES string of the molecule is CN(CCCCCO)CC(C)(C)CS. The molecule has 0 aromatic rings. The Morgan fingerprint density at radius 2 is 1.86 bits per heavy atom. The van der Waals surface area contributed by atoms with E-state index in [1.807, 2.05) is 0 Å². The molecule has 0 aromatic heterocycles. The van der Waals surface area contributed by atoms with Gasteiger partial charge in [0.25, 0.3) is 0 Å². The Hall–Kier alpha value is 0.270. The van der Waals surface area contributed by atoms with Crippen LogP contribution in [0.4, 0.5) is 0 Å². The molecule has 0 radical (unpaired) electrons. The second-order valence-electron chi connectivity index (χ2n) is 4.84. The molecule has 0 spiro atoms. The lowest BCUT2D eigenvalue weighted by Crippen LogP contribution is -2.33. The summed E-state index contributed by atoms with van der Waals surface area (Å²) in [6.45, 7) is 7.02. The van der Waals surface area contributed by atoms with Crippen molar-refractivity contribution in [1.29, 1.82) is 0 Å². The minimum Gasteiger partial charge on any atom is -0.396 e. The molecule has 0 aliphatic heterocycles. The monoisotopic (exact) mass is 219 g/mol. The van der Waals surface area contributed by atoms with E-state index in [-0.39, 0.29) is 0 Å². The number of rotatable bonds is 8. The van der Waals surface area contributed by atoms with Crippen molar-refractivity contribution < 1.29 is 5.11 Å². The van der Waals surface area contributed by atoms with Crippen LogP contribution in [0.15, 0.2) is 0 Å². The van der Waals surface area contributed by atoms with Crippen molar-refractivity contribution in [2.75, 3.05) is 32.5 Å². The summed E-state index contributed by atoms with van der Waals surface area (Å²) in [6, 6.07) is 0. The average molecular weight is 219 g/mol. The highest BCUT2D eigenvalue weighted by atomic mass is 32.1. The zero-order chi connectivity index (χ0) is 11.0. The van der Waals surface area contributed by atoms with Crippen molar-refractivity contribution in [3.05, 3.63) is 0 Å². The fourth-order valence-corrected chi connectivity index (χ4v) is 1.63. The lowest BCUT2D eigenvalue weighted by atomic mass is 9.96. The predicted molar refractivity (Wildman–Crippen MR) is 66.1 cm³/mol. The predicted octanol–water partition coefficient (Wildman–Crippen LogP) is 2.04. The van der Waals surface area contributed by atoms with E-state index in [1.54, 1.807) is 0 Å². The van der Waals surface area contributed by atoms with Crippen molar-refractivity contribution in [2.24, 2.45) is 5.41 Å². The summed E-state index contributed by atoms with van der Waals surface area (Å²) in [4.78, 5) is 2.35. The molecule has 0 heterocycles. The molecule has 2 nitrogen and oxygen atoms in total. The number of hydrogen-bond acceptors (Lipinski definition) is 3. The summed E-state index contributed by atoms with van der Waals surface area (Å²) in [5.41, 5.74) is 0.300. The summed E-state index contributed by atoms with van der Waals surface area (Å²) in [6.07, 6.45) is 3.24. The minimum absolute atomic E-state index is 0.300. The first-order valence-electron chi connectivity index (χ1n) is 5.42. The third-order valence-corrected chi connectivity index (χ3v) is 3.18. The highest BCUT2D eigenvalue weighted by Gasteiger charge is 2.17. The Bertz CT molecular complexity index is 139. The quantitative estimate of drug-likeness (QED) is 0.482. The van der Waals surface area contributed by atoms with Gasteiger partial charge in [0.2, 0.25) is 0 Å². The highest BCUT2D eigenvalue weighted by molar-refractivity contribution is 7.80. The van der Waals surface area contributed by atoms with E-state index in [1.165, 1.54) is 6.42 Å². The molecule has 0 rings (SSSR count). The van der Waals surface area contributed by atoms with Crippen LogP contribution >= 0.6 is 12.6 Å². The molecule has 0 fully saturated rings. The maximum absolute atomic E-state index is 8.63. The van der Waals surface area contributed by atoms with Gasteiger partial charge < -0.3 is 10.0 Å². The molecule has 0 aliphatic rings.